The molecule has 0 saturated heterocycles. The Bertz CT molecular complexity index is 1140. The van der Waals surface area contributed by atoms with Crippen LogP contribution in [0.25, 0.3) is 5.65 Å². The van der Waals surface area contributed by atoms with E-state index in [0.717, 1.165) is 24.5 Å². The fraction of sp³-hybridized carbons (Fsp3) is 0.217. The topological polar surface area (TPSA) is 93.4 Å². The summed E-state index contributed by atoms with van der Waals surface area (Å²) in [4.78, 5) is 12.2. The highest BCUT2D eigenvalue weighted by molar-refractivity contribution is 5.94. The molecular formula is C23H24N6O2. The molecule has 0 unspecified atom stereocenters. The van der Waals surface area contributed by atoms with E-state index in [1.165, 1.54) is 5.56 Å². The summed E-state index contributed by atoms with van der Waals surface area (Å²) < 4.78 is 6.90. The molecule has 2 aromatic carbocycles. The Balaban J connectivity index is 1.33. The van der Waals surface area contributed by atoms with Crippen LogP contribution in [0.4, 0.5) is 5.82 Å². The van der Waals surface area contributed by atoms with Crippen LogP contribution in [0.5, 0.6) is 5.75 Å². The second-order valence-corrected chi connectivity index (χ2v) is 7.00. The van der Waals surface area contributed by atoms with Crippen LogP contribution in [0.15, 0.2) is 66.7 Å². The molecule has 1 amide bonds. The monoisotopic (exact) mass is 416 g/mol. The summed E-state index contributed by atoms with van der Waals surface area (Å²) in [5.74, 6) is 2.18. The second-order valence-electron chi connectivity index (χ2n) is 7.00. The minimum Gasteiger partial charge on any atom is -0.497 e. The van der Waals surface area contributed by atoms with Gasteiger partial charge in [0.15, 0.2) is 11.5 Å². The average molecular weight is 416 g/mol. The van der Waals surface area contributed by atoms with E-state index < -0.39 is 0 Å². The van der Waals surface area contributed by atoms with E-state index in [9.17, 15) is 4.79 Å². The van der Waals surface area contributed by atoms with Crippen LogP contribution < -0.4 is 15.4 Å². The number of anilines is 1. The van der Waals surface area contributed by atoms with E-state index in [0.29, 0.717) is 30.0 Å². The van der Waals surface area contributed by atoms with Crippen LogP contribution >= 0.6 is 0 Å². The minimum absolute atomic E-state index is 0.108. The lowest BCUT2D eigenvalue weighted by Crippen LogP contribution is -2.26. The zero-order valence-electron chi connectivity index (χ0n) is 17.3. The molecule has 0 fully saturated rings. The summed E-state index contributed by atoms with van der Waals surface area (Å²) in [5, 5.41) is 19.2. The summed E-state index contributed by atoms with van der Waals surface area (Å²) in [7, 11) is 1.66. The maximum Gasteiger partial charge on any atom is 0.251 e. The number of nitrogens with one attached hydrogen (secondary N) is 2. The molecule has 158 valence electrons. The van der Waals surface area contributed by atoms with Crippen molar-refractivity contribution in [2.45, 2.75) is 12.8 Å². The first-order valence-electron chi connectivity index (χ1n) is 10.1. The van der Waals surface area contributed by atoms with Crippen LogP contribution in [0.2, 0.25) is 0 Å². The lowest BCUT2D eigenvalue weighted by molar-refractivity contribution is 0.0954. The molecule has 0 aliphatic rings. The molecule has 0 saturated carbocycles. The molecule has 0 spiro atoms. The highest BCUT2D eigenvalue weighted by Crippen LogP contribution is 2.12. The van der Waals surface area contributed by atoms with Crippen molar-refractivity contribution >= 4 is 17.4 Å². The third-order valence-electron chi connectivity index (χ3n) is 4.88. The second kappa shape index (κ2) is 9.71. The highest BCUT2D eigenvalue weighted by Gasteiger charge is 2.09. The molecule has 0 bridgehead atoms. The van der Waals surface area contributed by atoms with Crippen LogP contribution in [0.1, 0.15) is 21.7 Å². The number of nitrogens with zero attached hydrogens (tertiary/aromatic N) is 4. The van der Waals surface area contributed by atoms with Gasteiger partial charge >= 0.3 is 0 Å². The van der Waals surface area contributed by atoms with Crippen molar-refractivity contribution in [1.29, 1.82) is 0 Å². The van der Waals surface area contributed by atoms with Crippen LogP contribution in [-0.4, -0.2) is 45.9 Å². The molecule has 0 aliphatic carbocycles. The zero-order valence-corrected chi connectivity index (χ0v) is 17.3. The largest absolute Gasteiger partial charge is 0.497 e. The molecule has 2 aromatic heterocycles. The molecule has 2 N–H and O–H groups in total. The number of carbonyl (C=O) groups is 1. The molecule has 0 atom stereocenters. The third kappa shape index (κ3) is 5.16. The van der Waals surface area contributed by atoms with Gasteiger partial charge in [-0.15, -0.1) is 15.3 Å². The van der Waals surface area contributed by atoms with E-state index >= 15 is 0 Å². The summed E-state index contributed by atoms with van der Waals surface area (Å²) in [6, 6.07) is 20.9. The van der Waals surface area contributed by atoms with E-state index in [4.69, 9.17) is 4.74 Å². The van der Waals surface area contributed by atoms with Gasteiger partial charge in [-0.25, -0.2) is 0 Å². The van der Waals surface area contributed by atoms with Crippen molar-refractivity contribution in [2.24, 2.45) is 0 Å². The maximum absolute atomic E-state index is 12.2. The van der Waals surface area contributed by atoms with E-state index in [-0.39, 0.29) is 5.91 Å². The van der Waals surface area contributed by atoms with Crippen LogP contribution in [0, 0.1) is 0 Å². The predicted molar refractivity (Wildman–Crippen MR) is 118 cm³/mol. The van der Waals surface area contributed by atoms with Crippen molar-refractivity contribution in [2.75, 3.05) is 25.5 Å². The quantitative estimate of drug-likeness (QED) is 0.436. The minimum atomic E-state index is -0.108. The molecule has 0 radical (unpaired) electrons. The molecule has 8 nitrogen and oxygen atoms in total. The molecule has 2 heterocycles. The number of ether oxygens (including phenoxy) is 1. The Morgan fingerprint density at radius 3 is 2.52 bits per heavy atom. The Kier molecular flexibility index (Phi) is 6.37. The predicted octanol–water partition coefficient (Wildman–Crippen LogP) is 2.76. The normalized spacial score (nSPS) is 10.7. The zero-order chi connectivity index (χ0) is 21.5. The lowest BCUT2D eigenvalue weighted by Gasteiger charge is -2.08. The summed E-state index contributed by atoms with van der Waals surface area (Å²) in [5.41, 5.74) is 2.52. The Hall–Kier alpha value is -3.94. The van der Waals surface area contributed by atoms with Gasteiger partial charge in [0.1, 0.15) is 11.6 Å². The smallest absolute Gasteiger partial charge is 0.251 e. The Labute approximate surface area is 180 Å². The fourth-order valence-electron chi connectivity index (χ4n) is 3.19. The molecule has 8 heteroatoms. The molecule has 4 aromatic rings. The van der Waals surface area contributed by atoms with Crippen molar-refractivity contribution in [3.63, 3.8) is 0 Å². The molecular weight excluding hydrogens is 392 g/mol. The number of fused-ring (bicyclic) bond motifs is 1. The number of benzene rings is 2. The van der Waals surface area contributed by atoms with Gasteiger partial charge < -0.3 is 15.4 Å². The first kappa shape index (κ1) is 20.3. The summed E-state index contributed by atoms with van der Waals surface area (Å²) >= 11 is 0. The SMILES string of the molecule is COc1ccc(CCNc2ccc3nnc(CCNC(=O)c4ccccc4)n3n2)cc1. The van der Waals surface area contributed by atoms with E-state index in [2.05, 4.69) is 38.1 Å². The summed E-state index contributed by atoms with van der Waals surface area (Å²) in [6.07, 6.45) is 1.40. The van der Waals surface area contributed by atoms with Gasteiger partial charge in [-0.05, 0) is 48.4 Å². The van der Waals surface area contributed by atoms with Gasteiger partial charge in [0.2, 0.25) is 0 Å². The van der Waals surface area contributed by atoms with Gasteiger partial charge in [0, 0.05) is 25.1 Å². The fourth-order valence-corrected chi connectivity index (χ4v) is 3.19. The summed E-state index contributed by atoms with van der Waals surface area (Å²) in [6.45, 7) is 1.20. The molecule has 31 heavy (non-hydrogen) atoms. The number of aromatic nitrogens is 4. The first-order chi connectivity index (χ1) is 15.2. The number of amides is 1. The van der Waals surface area contributed by atoms with E-state index in [1.54, 1.807) is 23.8 Å². The number of hydrogen-bond acceptors (Lipinski definition) is 6. The van der Waals surface area contributed by atoms with Crippen molar-refractivity contribution in [1.82, 2.24) is 25.1 Å². The first-order valence-corrected chi connectivity index (χ1v) is 10.1. The van der Waals surface area contributed by atoms with Gasteiger partial charge in [0.05, 0.1) is 7.11 Å². The van der Waals surface area contributed by atoms with Gasteiger partial charge in [0.25, 0.3) is 5.91 Å². The number of rotatable bonds is 9. The van der Waals surface area contributed by atoms with E-state index in [1.807, 2.05) is 42.5 Å². The van der Waals surface area contributed by atoms with Crippen LogP contribution in [0.3, 0.4) is 0 Å². The average Bonchev–Trinajstić information content (AvgIpc) is 3.22. The Morgan fingerprint density at radius 2 is 1.74 bits per heavy atom. The van der Waals surface area contributed by atoms with Gasteiger partial charge in [-0.3, -0.25) is 4.79 Å². The molecule has 0 aliphatic heterocycles. The number of methoxy groups -OCH3 is 1. The number of hydrogen-bond donors (Lipinski definition) is 2. The highest BCUT2D eigenvalue weighted by atomic mass is 16.5. The van der Waals surface area contributed by atoms with Crippen molar-refractivity contribution < 1.29 is 9.53 Å². The third-order valence-corrected chi connectivity index (χ3v) is 4.88. The van der Waals surface area contributed by atoms with Gasteiger partial charge in [-0.1, -0.05) is 30.3 Å². The maximum atomic E-state index is 12.2. The van der Waals surface area contributed by atoms with Crippen LogP contribution in [-0.2, 0) is 12.8 Å². The Morgan fingerprint density at radius 1 is 0.935 bits per heavy atom. The molecule has 4 rings (SSSR count). The van der Waals surface area contributed by atoms with Gasteiger partial charge in [-0.2, -0.15) is 4.52 Å². The van der Waals surface area contributed by atoms with Crippen molar-refractivity contribution in [3.05, 3.63) is 83.7 Å². The van der Waals surface area contributed by atoms with Crippen molar-refractivity contribution in [3.8, 4) is 5.75 Å². The standard InChI is InChI=1S/C23H24N6O2/c1-31-19-9-7-17(8-10-19)13-15-24-20-11-12-21-26-27-22(29(21)28-20)14-16-25-23(30)18-5-3-2-4-6-18/h2-12H,13-16H2,1H3,(H,24,28)(H,25,30). The number of carbonyl (C=O) groups excluding carboxylic acids is 1. The lowest BCUT2D eigenvalue weighted by atomic mass is 10.1.